The number of carbonyl (C=O) groups is 2. The Morgan fingerprint density at radius 3 is 2.52 bits per heavy atom. The molecule has 8 heteroatoms. The lowest BCUT2D eigenvalue weighted by Crippen LogP contribution is -2.46. The lowest BCUT2D eigenvalue weighted by Gasteiger charge is -2.26. The first-order valence-corrected chi connectivity index (χ1v) is 7.45. The predicted molar refractivity (Wildman–Crippen MR) is 87.1 cm³/mol. The van der Waals surface area contributed by atoms with Crippen LogP contribution in [0.3, 0.4) is 0 Å². The Bertz CT molecular complexity index is 576. The molecule has 0 aliphatic carbocycles. The number of nitrogens with one attached hydrogen (secondary N) is 2. The topological polar surface area (TPSA) is 105 Å². The van der Waals surface area contributed by atoms with Crippen molar-refractivity contribution in [1.82, 2.24) is 10.2 Å². The highest BCUT2D eigenvalue weighted by Crippen LogP contribution is 2.23. The van der Waals surface area contributed by atoms with Crippen molar-refractivity contribution in [3.8, 4) is 0 Å². The molecular formula is C15H22N4O4. The summed E-state index contributed by atoms with van der Waals surface area (Å²) in [4.78, 5) is 36.1. The summed E-state index contributed by atoms with van der Waals surface area (Å²) in [6.07, 6.45) is 0. The zero-order chi connectivity index (χ0) is 17.4. The van der Waals surface area contributed by atoms with Crippen LogP contribution in [-0.2, 0) is 9.59 Å². The number of likely N-dealkylation sites (N-methyl/N-ethyl adjacent to an activating group) is 2. The zero-order valence-corrected chi connectivity index (χ0v) is 13.5. The van der Waals surface area contributed by atoms with Crippen LogP contribution in [0.1, 0.15) is 20.8 Å². The number of hydrogen-bond donors (Lipinski definition) is 2. The Morgan fingerprint density at radius 2 is 1.96 bits per heavy atom. The Morgan fingerprint density at radius 1 is 1.30 bits per heavy atom. The molecule has 0 aliphatic heterocycles. The van der Waals surface area contributed by atoms with Crippen LogP contribution in [0.25, 0.3) is 0 Å². The Hall–Kier alpha value is -2.48. The van der Waals surface area contributed by atoms with E-state index in [4.69, 9.17) is 0 Å². The predicted octanol–water partition coefficient (Wildman–Crippen LogP) is 1.38. The smallest absolute Gasteiger partial charge is 0.292 e. The molecule has 23 heavy (non-hydrogen) atoms. The first-order valence-electron chi connectivity index (χ1n) is 7.45. The van der Waals surface area contributed by atoms with Crippen LogP contribution >= 0.6 is 0 Å². The van der Waals surface area contributed by atoms with E-state index >= 15 is 0 Å². The molecule has 0 aliphatic rings. The molecule has 0 fully saturated rings. The van der Waals surface area contributed by atoms with E-state index in [9.17, 15) is 19.7 Å². The molecule has 8 nitrogen and oxygen atoms in total. The lowest BCUT2D eigenvalue weighted by atomic mass is 10.2. The summed E-state index contributed by atoms with van der Waals surface area (Å²) in [7, 11) is 0. The van der Waals surface area contributed by atoms with E-state index in [2.05, 4.69) is 10.6 Å². The van der Waals surface area contributed by atoms with Gasteiger partial charge >= 0.3 is 0 Å². The van der Waals surface area contributed by atoms with Gasteiger partial charge in [-0.2, -0.15) is 0 Å². The molecule has 1 rings (SSSR count). The maximum atomic E-state index is 12.3. The van der Waals surface area contributed by atoms with E-state index in [0.29, 0.717) is 13.1 Å². The minimum atomic E-state index is -0.595. The summed E-state index contributed by atoms with van der Waals surface area (Å²) in [5.74, 6) is -0.565. The van der Waals surface area contributed by atoms with Crippen LogP contribution in [0.2, 0.25) is 0 Å². The first-order chi connectivity index (χ1) is 10.9. The number of carbonyl (C=O) groups excluding carboxylic acids is 2. The average molecular weight is 322 g/mol. The van der Waals surface area contributed by atoms with Crippen LogP contribution in [0.5, 0.6) is 0 Å². The summed E-state index contributed by atoms with van der Waals surface area (Å²) in [5, 5.41) is 16.2. The van der Waals surface area contributed by atoms with Gasteiger partial charge in [0.1, 0.15) is 5.69 Å². The van der Waals surface area contributed by atoms with Crippen molar-refractivity contribution in [2.75, 3.05) is 25.0 Å². The van der Waals surface area contributed by atoms with E-state index < -0.39 is 16.9 Å². The third-order valence-corrected chi connectivity index (χ3v) is 3.41. The number of anilines is 1. The third-order valence-electron chi connectivity index (χ3n) is 3.41. The molecule has 0 aromatic heterocycles. The first kappa shape index (κ1) is 18.6. The fourth-order valence-corrected chi connectivity index (χ4v) is 2.10. The number of para-hydroxylation sites is 2. The molecule has 2 N–H and O–H groups in total. The maximum Gasteiger partial charge on any atom is 0.292 e. The van der Waals surface area contributed by atoms with Gasteiger partial charge in [-0.3, -0.25) is 24.6 Å². The van der Waals surface area contributed by atoms with Crippen molar-refractivity contribution in [3.05, 3.63) is 34.4 Å². The molecule has 0 spiro atoms. The molecule has 0 radical (unpaired) electrons. The monoisotopic (exact) mass is 322 g/mol. The van der Waals surface area contributed by atoms with Crippen molar-refractivity contribution in [1.29, 1.82) is 0 Å². The van der Waals surface area contributed by atoms with Gasteiger partial charge in [0.15, 0.2) is 0 Å². The summed E-state index contributed by atoms with van der Waals surface area (Å²) in [6, 6.07) is 5.35. The molecule has 0 heterocycles. The number of rotatable bonds is 8. The van der Waals surface area contributed by atoms with Gasteiger partial charge in [-0.1, -0.05) is 19.1 Å². The Labute approximate surface area is 135 Å². The molecule has 1 aromatic rings. The molecule has 126 valence electrons. The van der Waals surface area contributed by atoms with Gasteiger partial charge in [-0.05, 0) is 26.5 Å². The standard InChI is InChI=1S/C15H22N4O4/c1-4-16-14(20)10-18(5-2)11(3)15(21)17-12-8-6-7-9-13(12)19(22)23/h6-9,11H,4-5,10H2,1-3H3,(H,16,20)(H,17,21)/t11-/m0/s1. The van der Waals surface area contributed by atoms with Crippen LogP contribution in [0, 0.1) is 10.1 Å². The van der Waals surface area contributed by atoms with Crippen molar-refractivity contribution < 1.29 is 14.5 Å². The SMILES string of the molecule is CCNC(=O)CN(CC)[C@@H](C)C(=O)Nc1ccccc1[N+](=O)[O-]. The molecule has 1 atom stereocenters. The van der Waals surface area contributed by atoms with E-state index in [1.807, 2.05) is 13.8 Å². The Balaban J connectivity index is 2.79. The number of hydrogen-bond acceptors (Lipinski definition) is 5. The van der Waals surface area contributed by atoms with E-state index in [0.717, 1.165) is 0 Å². The van der Waals surface area contributed by atoms with E-state index in [1.165, 1.54) is 18.2 Å². The van der Waals surface area contributed by atoms with E-state index in [1.54, 1.807) is 17.9 Å². The van der Waals surface area contributed by atoms with Gasteiger partial charge in [-0.25, -0.2) is 0 Å². The summed E-state index contributed by atoms with van der Waals surface area (Å²) in [6.45, 7) is 6.44. The van der Waals surface area contributed by atoms with Gasteiger partial charge < -0.3 is 10.6 Å². The zero-order valence-electron chi connectivity index (χ0n) is 13.5. The number of nitro groups is 1. The number of nitrogens with zero attached hydrogens (tertiary/aromatic N) is 2. The van der Waals surface area contributed by atoms with Crippen molar-refractivity contribution >= 4 is 23.2 Å². The maximum absolute atomic E-state index is 12.3. The second-order valence-corrected chi connectivity index (χ2v) is 4.96. The third kappa shape index (κ3) is 5.33. The van der Waals surface area contributed by atoms with Gasteiger partial charge in [0.25, 0.3) is 5.69 Å². The van der Waals surface area contributed by atoms with Crippen LogP contribution in [-0.4, -0.2) is 47.3 Å². The largest absolute Gasteiger partial charge is 0.355 e. The minimum absolute atomic E-state index is 0.0931. The molecular weight excluding hydrogens is 300 g/mol. The highest BCUT2D eigenvalue weighted by Gasteiger charge is 2.24. The highest BCUT2D eigenvalue weighted by molar-refractivity contribution is 5.96. The summed E-state index contributed by atoms with van der Waals surface area (Å²) >= 11 is 0. The molecule has 0 bridgehead atoms. The normalized spacial score (nSPS) is 11.8. The van der Waals surface area contributed by atoms with Crippen molar-refractivity contribution in [2.45, 2.75) is 26.8 Å². The fraction of sp³-hybridized carbons (Fsp3) is 0.467. The summed E-state index contributed by atoms with van der Waals surface area (Å²) in [5.41, 5.74) is -0.0248. The average Bonchev–Trinajstić information content (AvgIpc) is 2.52. The van der Waals surface area contributed by atoms with Crippen molar-refractivity contribution in [3.63, 3.8) is 0 Å². The minimum Gasteiger partial charge on any atom is -0.355 e. The van der Waals surface area contributed by atoms with Gasteiger partial charge in [0.05, 0.1) is 17.5 Å². The fourth-order valence-electron chi connectivity index (χ4n) is 2.10. The van der Waals surface area contributed by atoms with Crippen LogP contribution < -0.4 is 10.6 Å². The summed E-state index contributed by atoms with van der Waals surface area (Å²) < 4.78 is 0. The second kappa shape index (κ2) is 8.84. The number of nitro benzene ring substituents is 1. The van der Waals surface area contributed by atoms with Crippen LogP contribution in [0.4, 0.5) is 11.4 Å². The van der Waals surface area contributed by atoms with Gasteiger partial charge in [0, 0.05) is 12.6 Å². The second-order valence-electron chi connectivity index (χ2n) is 4.96. The Kier molecular flexibility index (Phi) is 7.14. The lowest BCUT2D eigenvalue weighted by molar-refractivity contribution is -0.383. The molecule has 1 aromatic carbocycles. The van der Waals surface area contributed by atoms with Crippen molar-refractivity contribution in [2.24, 2.45) is 0 Å². The molecule has 0 saturated heterocycles. The van der Waals surface area contributed by atoms with Crippen LogP contribution in [0.15, 0.2) is 24.3 Å². The molecule has 2 amide bonds. The molecule has 0 saturated carbocycles. The number of amides is 2. The number of benzene rings is 1. The highest BCUT2D eigenvalue weighted by atomic mass is 16.6. The van der Waals surface area contributed by atoms with Gasteiger partial charge in [0.2, 0.25) is 11.8 Å². The quantitative estimate of drug-likeness (QED) is 0.556. The van der Waals surface area contributed by atoms with E-state index in [-0.39, 0.29) is 23.8 Å². The van der Waals surface area contributed by atoms with Gasteiger partial charge in [-0.15, -0.1) is 0 Å². The molecule has 0 unspecified atom stereocenters.